The molecule has 0 unspecified atom stereocenters. The van der Waals surface area contributed by atoms with Crippen LogP contribution in [0.4, 0.5) is 0 Å². The second-order valence-corrected chi connectivity index (χ2v) is 12.5. The molecule has 4 fully saturated rings. The van der Waals surface area contributed by atoms with E-state index in [1.54, 1.807) is 0 Å². The van der Waals surface area contributed by atoms with Crippen molar-refractivity contribution in [1.29, 1.82) is 0 Å². The van der Waals surface area contributed by atoms with Gasteiger partial charge in [-0.05, 0) is 74.5 Å². The van der Waals surface area contributed by atoms with E-state index >= 15 is 0 Å². The molecule has 4 aliphatic rings. The third-order valence-corrected chi connectivity index (χ3v) is 11.3. The molecular formula is C20H32Br2O2. The minimum absolute atomic E-state index is 0.0963. The van der Waals surface area contributed by atoms with Gasteiger partial charge in [0.05, 0.1) is 17.3 Å². The molecule has 2 nitrogen and oxygen atoms in total. The van der Waals surface area contributed by atoms with Crippen LogP contribution < -0.4 is 0 Å². The summed E-state index contributed by atoms with van der Waals surface area (Å²) in [6.07, 6.45) is 8.33. The van der Waals surface area contributed by atoms with Crippen LogP contribution in [0.1, 0.15) is 72.6 Å². The Bertz CT molecular complexity index is 534. The maximum absolute atomic E-state index is 11.2. The fourth-order valence-electron chi connectivity index (χ4n) is 6.81. The van der Waals surface area contributed by atoms with Crippen LogP contribution in [0, 0.1) is 22.7 Å². The Morgan fingerprint density at radius 1 is 0.917 bits per heavy atom. The van der Waals surface area contributed by atoms with Gasteiger partial charge in [0.1, 0.15) is 0 Å². The topological polar surface area (TPSA) is 32.8 Å². The number of halogens is 2. The minimum atomic E-state index is -0.546. The van der Waals surface area contributed by atoms with Crippen molar-refractivity contribution in [2.24, 2.45) is 22.7 Å². The lowest BCUT2D eigenvalue weighted by Gasteiger charge is -2.51. The monoisotopic (exact) mass is 462 g/mol. The second-order valence-electron chi connectivity index (χ2n) is 10.3. The minimum Gasteiger partial charge on any atom is -0.390 e. The highest BCUT2D eigenvalue weighted by Gasteiger charge is 2.69. The Morgan fingerprint density at radius 2 is 1.58 bits per heavy atom. The summed E-state index contributed by atoms with van der Waals surface area (Å²) in [6.45, 7) is 9.23. The van der Waals surface area contributed by atoms with E-state index in [2.05, 4.69) is 59.6 Å². The van der Waals surface area contributed by atoms with Gasteiger partial charge >= 0.3 is 0 Å². The molecule has 1 heterocycles. The van der Waals surface area contributed by atoms with Gasteiger partial charge in [0.2, 0.25) is 0 Å². The average Bonchev–Trinajstić information content (AvgIpc) is 3.01. The molecule has 1 N–H and O–H groups in total. The lowest BCUT2D eigenvalue weighted by atomic mass is 9.59. The normalized spacial score (nSPS) is 59.4. The SMILES string of the molecule is CC1(C)C[C@]2(CC[C@@H]1Br)O[C@@H]2[C@@H]1CC[C@]2(C)[C@@H](Br)CC[C@@](C)(O)[C@@H]12. The number of epoxide rings is 1. The average molecular weight is 464 g/mol. The molecule has 1 spiro atoms. The van der Waals surface area contributed by atoms with E-state index < -0.39 is 5.60 Å². The van der Waals surface area contributed by atoms with Crippen LogP contribution in [-0.2, 0) is 4.74 Å². The first-order valence-corrected chi connectivity index (χ1v) is 11.5. The lowest BCUT2D eigenvalue weighted by Crippen LogP contribution is -2.53. The number of rotatable bonds is 1. The molecule has 0 aromatic heterocycles. The molecule has 0 radical (unpaired) electrons. The highest BCUT2D eigenvalue weighted by molar-refractivity contribution is 9.09. The van der Waals surface area contributed by atoms with E-state index in [1.807, 2.05) is 0 Å². The van der Waals surface area contributed by atoms with E-state index in [9.17, 15) is 5.11 Å². The first kappa shape index (κ1) is 18.3. The highest BCUT2D eigenvalue weighted by atomic mass is 79.9. The summed E-state index contributed by atoms with van der Waals surface area (Å²) in [5.74, 6) is 0.880. The van der Waals surface area contributed by atoms with Crippen LogP contribution in [0.15, 0.2) is 0 Å². The first-order chi connectivity index (χ1) is 11.0. The lowest BCUT2D eigenvalue weighted by molar-refractivity contribution is -0.0959. The summed E-state index contributed by atoms with van der Waals surface area (Å²) >= 11 is 7.84. The molecule has 0 bridgehead atoms. The van der Waals surface area contributed by atoms with E-state index in [0.717, 1.165) is 19.3 Å². The van der Waals surface area contributed by atoms with Crippen molar-refractivity contribution in [1.82, 2.24) is 0 Å². The van der Waals surface area contributed by atoms with Crippen LogP contribution in [0.25, 0.3) is 0 Å². The molecule has 1 aliphatic heterocycles. The van der Waals surface area contributed by atoms with Crippen molar-refractivity contribution in [2.75, 3.05) is 0 Å². The quantitative estimate of drug-likeness (QED) is 0.414. The van der Waals surface area contributed by atoms with E-state index in [-0.39, 0.29) is 11.0 Å². The van der Waals surface area contributed by atoms with Crippen molar-refractivity contribution < 1.29 is 9.84 Å². The van der Waals surface area contributed by atoms with Gasteiger partial charge in [-0.2, -0.15) is 0 Å². The molecule has 0 aromatic carbocycles. The number of ether oxygens (including phenoxy) is 1. The van der Waals surface area contributed by atoms with E-state index in [1.165, 1.54) is 25.7 Å². The van der Waals surface area contributed by atoms with Crippen LogP contribution in [-0.4, -0.2) is 32.1 Å². The molecule has 0 amide bonds. The maximum atomic E-state index is 11.2. The second kappa shape index (κ2) is 5.45. The largest absolute Gasteiger partial charge is 0.390 e. The Hall–Kier alpha value is 0.880. The van der Waals surface area contributed by atoms with Gasteiger partial charge in [-0.15, -0.1) is 0 Å². The number of fused-ring (bicyclic) bond motifs is 1. The van der Waals surface area contributed by atoms with Gasteiger partial charge in [0.15, 0.2) is 0 Å². The number of hydrogen-bond donors (Lipinski definition) is 1. The first-order valence-electron chi connectivity index (χ1n) is 9.70. The molecule has 3 aliphatic carbocycles. The highest BCUT2D eigenvalue weighted by Crippen LogP contribution is 2.67. The zero-order valence-corrected chi connectivity index (χ0v) is 18.6. The summed E-state index contributed by atoms with van der Waals surface area (Å²) in [6, 6.07) is 0. The van der Waals surface area contributed by atoms with Crippen molar-refractivity contribution >= 4 is 31.9 Å². The van der Waals surface area contributed by atoms with Crippen molar-refractivity contribution in [3.63, 3.8) is 0 Å². The van der Waals surface area contributed by atoms with E-state index in [4.69, 9.17) is 4.74 Å². The molecule has 4 rings (SSSR count). The summed E-state index contributed by atoms with van der Waals surface area (Å²) < 4.78 is 6.49. The molecule has 138 valence electrons. The smallest absolute Gasteiger partial charge is 0.0957 e. The molecule has 1 saturated heterocycles. The molecular weight excluding hydrogens is 432 g/mol. The number of aliphatic hydroxyl groups is 1. The Morgan fingerprint density at radius 3 is 2.25 bits per heavy atom. The van der Waals surface area contributed by atoms with Gasteiger partial charge in [-0.1, -0.05) is 52.6 Å². The fourth-order valence-corrected chi connectivity index (χ4v) is 7.95. The Balaban J connectivity index is 1.58. The summed E-state index contributed by atoms with van der Waals surface area (Å²) in [4.78, 5) is 1.13. The zero-order valence-electron chi connectivity index (χ0n) is 15.4. The third-order valence-electron chi connectivity index (χ3n) is 8.08. The predicted molar refractivity (Wildman–Crippen MR) is 105 cm³/mol. The Labute approximate surface area is 163 Å². The zero-order chi connectivity index (χ0) is 17.5. The fraction of sp³-hybridized carbons (Fsp3) is 1.00. The van der Waals surface area contributed by atoms with Crippen LogP contribution in [0.3, 0.4) is 0 Å². The molecule has 0 aromatic rings. The van der Waals surface area contributed by atoms with Crippen molar-refractivity contribution in [3.8, 4) is 0 Å². The van der Waals surface area contributed by atoms with Crippen LogP contribution in [0.2, 0.25) is 0 Å². The standard InChI is InChI=1S/C20H32Br2O2/c1-17(2)11-20(10-7-13(17)21)16(24-20)12-5-8-18(3)14(22)6-9-19(4,23)15(12)18/h12-16,23H,5-11H2,1-4H3/t12-,13+,14+,15+,16-,18-,19-,20+/m1/s1. The van der Waals surface area contributed by atoms with Gasteiger partial charge in [-0.3, -0.25) is 0 Å². The number of alkyl halides is 2. The van der Waals surface area contributed by atoms with E-state index in [0.29, 0.717) is 33.0 Å². The molecule has 24 heavy (non-hydrogen) atoms. The molecule has 8 atom stereocenters. The third kappa shape index (κ3) is 2.52. The number of hydrogen-bond acceptors (Lipinski definition) is 2. The summed E-state index contributed by atoms with van der Waals surface area (Å²) in [5.41, 5.74) is 0.0537. The predicted octanol–water partition coefficient (Wildman–Crippen LogP) is 5.44. The van der Waals surface area contributed by atoms with Gasteiger partial charge in [0, 0.05) is 9.65 Å². The van der Waals surface area contributed by atoms with Gasteiger partial charge in [-0.25, -0.2) is 0 Å². The van der Waals surface area contributed by atoms with Gasteiger partial charge < -0.3 is 9.84 Å². The van der Waals surface area contributed by atoms with Crippen LogP contribution in [0.5, 0.6) is 0 Å². The summed E-state index contributed by atoms with van der Waals surface area (Å²) in [7, 11) is 0. The Kier molecular flexibility index (Phi) is 4.15. The maximum Gasteiger partial charge on any atom is 0.0957 e. The molecule has 4 heteroatoms. The van der Waals surface area contributed by atoms with Crippen LogP contribution >= 0.6 is 31.9 Å². The van der Waals surface area contributed by atoms with Crippen molar-refractivity contribution in [3.05, 3.63) is 0 Å². The summed E-state index contributed by atoms with van der Waals surface area (Å²) in [5, 5.41) is 11.2. The van der Waals surface area contributed by atoms with Gasteiger partial charge in [0.25, 0.3) is 0 Å². The van der Waals surface area contributed by atoms with Crippen molar-refractivity contribution in [2.45, 2.75) is 99.6 Å². The molecule has 3 saturated carbocycles.